The molecule has 0 saturated heterocycles. The molecule has 1 aromatic heterocycles. The van der Waals surface area contributed by atoms with E-state index in [9.17, 15) is 4.79 Å². The van der Waals surface area contributed by atoms with E-state index in [1.807, 2.05) is 42.5 Å². The summed E-state index contributed by atoms with van der Waals surface area (Å²) in [6, 6.07) is 18.6. The molecule has 1 atom stereocenters. The molecule has 3 aromatic rings. The molecule has 0 bridgehead atoms. The van der Waals surface area contributed by atoms with Gasteiger partial charge in [-0.05, 0) is 29.8 Å². The summed E-state index contributed by atoms with van der Waals surface area (Å²) in [6.45, 7) is 0.107. The molecule has 1 heterocycles. The van der Waals surface area contributed by atoms with Gasteiger partial charge in [0.1, 0.15) is 17.3 Å². The van der Waals surface area contributed by atoms with E-state index in [0.717, 1.165) is 11.3 Å². The Kier molecular flexibility index (Phi) is 6.12. The maximum absolute atomic E-state index is 12.4. The third-order valence-electron chi connectivity index (χ3n) is 4.11. The monoisotopic (exact) mass is 366 g/mol. The molecule has 1 amide bonds. The van der Waals surface area contributed by atoms with Crippen molar-refractivity contribution in [3.63, 3.8) is 0 Å². The average Bonchev–Trinajstić information content (AvgIpc) is 3.24. The minimum Gasteiger partial charge on any atom is -0.497 e. The van der Waals surface area contributed by atoms with E-state index >= 15 is 0 Å². The molecular formula is C21H22N2O4. The van der Waals surface area contributed by atoms with E-state index in [0.29, 0.717) is 17.2 Å². The number of hydrogen-bond donors (Lipinski definition) is 2. The van der Waals surface area contributed by atoms with Crippen molar-refractivity contribution in [2.45, 2.75) is 6.04 Å². The predicted octanol–water partition coefficient (Wildman–Crippen LogP) is 3.61. The molecule has 0 aliphatic rings. The van der Waals surface area contributed by atoms with Crippen molar-refractivity contribution in [2.75, 3.05) is 26.1 Å². The molecule has 140 valence electrons. The first-order valence-electron chi connectivity index (χ1n) is 8.55. The van der Waals surface area contributed by atoms with Crippen molar-refractivity contribution in [3.8, 4) is 11.5 Å². The van der Waals surface area contributed by atoms with Crippen LogP contribution < -0.4 is 20.1 Å². The molecule has 0 radical (unpaired) electrons. The lowest BCUT2D eigenvalue weighted by molar-refractivity contribution is -0.115. The number of ether oxygens (including phenoxy) is 2. The van der Waals surface area contributed by atoms with Gasteiger partial charge in [0.2, 0.25) is 5.91 Å². The normalized spacial score (nSPS) is 11.6. The van der Waals surface area contributed by atoms with Crippen LogP contribution in [0.5, 0.6) is 11.5 Å². The van der Waals surface area contributed by atoms with Gasteiger partial charge in [-0.3, -0.25) is 10.1 Å². The zero-order chi connectivity index (χ0) is 19.1. The van der Waals surface area contributed by atoms with E-state index < -0.39 is 0 Å². The van der Waals surface area contributed by atoms with Crippen molar-refractivity contribution in [1.29, 1.82) is 0 Å². The van der Waals surface area contributed by atoms with Gasteiger partial charge in [0.05, 0.1) is 38.8 Å². The third-order valence-corrected chi connectivity index (χ3v) is 4.11. The summed E-state index contributed by atoms with van der Waals surface area (Å²) in [7, 11) is 3.13. The van der Waals surface area contributed by atoms with Gasteiger partial charge in [-0.1, -0.05) is 30.3 Å². The average molecular weight is 366 g/mol. The largest absolute Gasteiger partial charge is 0.497 e. The Labute approximate surface area is 158 Å². The Bertz CT molecular complexity index is 863. The lowest BCUT2D eigenvalue weighted by Gasteiger charge is -2.17. The summed E-state index contributed by atoms with van der Waals surface area (Å²) in [5.41, 5.74) is 1.60. The SMILES string of the molecule is COc1ccc(NC(=O)CN[C@H](c2ccccc2)c2ccco2)c(OC)c1. The number of furan rings is 1. The van der Waals surface area contributed by atoms with E-state index in [-0.39, 0.29) is 18.5 Å². The fourth-order valence-corrected chi connectivity index (χ4v) is 2.77. The van der Waals surface area contributed by atoms with Crippen LogP contribution >= 0.6 is 0 Å². The van der Waals surface area contributed by atoms with Crippen molar-refractivity contribution in [2.24, 2.45) is 0 Å². The minimum atomic E-state index is -0.218. The molecule has 0 fully saturated rings. The summed E-state index contributed by atoms with van der Waals surface area (Å²) in [6.07, 6.45) is 1.62. The quantitative estimate of drug-likeness (QED) is 0.637. The second-order valence-corrected chi connectivity index (χ2v) is 5.85. The molecule has 0 saturated carbocycles. The van der Waals surface area contributed by atoms with Gasteiger partial charge in [-0.25, -0.2) is 0 Å². The molecule has 3 rings (SSSR count). The fraction of sp³-hybridized carbons (Fsp3) is 0.190. The van der Waals surface area contributed by atoms with Crippen LogP contribution in [0.2, 0.25) is 0 Å². The van der Waals surface area contributed by atoms with Crippen molar-refractivity contribution < 1.29 is 18.7 Å². The Morgan fingerprint density at radius 3 is 2.52 bits per heavy atom. The van der Waals surface area contributed by atoms with Crippen LogP contribution in [0.25, 0.3) is 0 Å². The Balaban J connectivity index is 1.68. The minimum absolute atomic E-state index is 0.107. The molecule has 27 heavy (non-hydrogen) atoms. The van der Waals surface area contributed by atoms with Crippen molar-refractivity contribution >= 4 is 11.6 Å². The lowest BCUT2D eigenvalue weighted by Crippen LogP contribution is -2.31. The standard InChI is InChI=1S/C21H22N2O4/c1-25-16-10-11-17(19(13-16)26-2)23-20(24)14-22-21(18-9-6-12-27-18)15-7-4-3-5-8-15/h3-13,21-22H,14H2,1-2H3,(H,23,24)/t21-/m1/s1. The van der Waals surface area contributed by atoms with Crippen LogP contribution in [0, 0.1) is 0 Å². The fourth-order valence-electron chi connectivity index (χ4n) is 2.77. The highest BCUT2D eigenvalue weighted by molar-refractivity contribution is 5.93. The second kappa shape index (κ2) is 8.91. The Morgan fingerprint density at radius 2 is 1.85 bits per heavy atom. The number of hydrogen-bond acceptors (Lipinski definition) is 5. The van der Waals surface area contributed by atoms with Crippen LogP contribution in [0.15, 0.2) is 71.3 Å². The zero-order valence-corrected chi connectivity index (χ0v) is 15.3. The maximum Gasteiger partial charge on any atom is 0.238 e. The van der Waals surface area contributed by atoms with Crippen LogP contribution in [0.3, 0.4) is 0 Å². The highest BCUT2D eigenvalue weighted by Crippen LogP contribution is 2.29. The summed E-state index contributed by atoms with van der Waals surface area (Å²) in [5, 5.41) is 6.10. The first-order chi connectivity index (χ1) is 13.2. The van der Waals surface area contributed by atoms with E-state index in [2.05, 4.69) is 10.6 Å². The highest BCUT2D eigenvalue weighted by atomic mass is 16.5. The molecule has 6 nitrogen and oxygen atoms in total. The number of anilines is 1. The molecular weight excluding hydrogens is 344 g/mol. The second-order valence-electron chi connectivity index (χ2n) is 5.85. The molecule has 0 unspecified atom stereocenters. The summed E-state index contributed by atoms with van der Waals surface area (Å²) >= 11 is 0. The molecule has 2 N–H and O–H groups in total. The summed E-state index contributed by atoms with van der Waals surface area (Å²) in [4.78, 5) is 12.4. The lowest BCUT2D eigenvalue weighted by atomic mass is 10.0. The number of methoxy groups -OCH3 is 2. The Hall–Kier alpha value is -3.25. The summed E-state index contributed by atoms with van der Waals surface area (Å²) < 4.78 is 16.0. The molecule has 0 aliphatic heterocycles. The number of rotatable bonds is 8. The Morgan fingerprint density at radius 1 is 1.04 bits per heavy atom. The van der Waals surface area contributed by atoms with Crippen LogP contribution in [0.4, 0.5) is 5.69 Å². The highest BCUT2D eigenvalue weighted by Gasteiger charge is 2.18. The maximum atomic E-state index is 12.4. The molecule has 0 aliphatic carbocycles. The molecule has 2 aromatic carbocycles. The van der Waals surface area contributed by atoms with E-state index in [1.165, 1.54) is 0 Å². The van der Waals surface area contributed by atoms with Crippen LogP contribution in [-0.2, 0) is 4.79 Å². The van der Waals surface area contributed by atoms with Crippen molar-refractivity contribution in [3.05, 3.63) is 78.3 Å². The van der Waals surface area contributed by atoms with Gasteiger partial charge >= 0.3 is 0 Å². The van der Waals surface area contributed by atoms with Gasteiger partial charge in [0, 0.05) is 6.07 Å². The number of nitrogens with one attached hydrogen (secondary N) is 2. The number of carbonyl (C=O) groups excluding carboxylic acids is 1. The number of amides is 1. The van der Waals surface area contributed by atoms with Gasteiger partial charge in [-0.15, -0.1) is 0 Å². The topological polar surface area (TPSA) is 72.7 Å². The predicted molar refractivity (Wildman–Crippen MR) is 103 cm³/mol. The smallest absolute Gasteiger partial charge is 0.238 e. The number of carbonyl (C=O) groups is 1. The first-order valence-corrected chi connectivity index (χ1v) is 8.55. The zero-order valence-electron chi connectivity index (χ0n) is 15.3. The van der Waals surface area contributed by atoms with E-state index in [4.69, 9.17) is 13.9 Å². The summed E-state index contributed by atoms with van der Waals surface area (Å²) in [5.74, 6) is 1.75. The van der Waals surface area contributed by atoms with Crippen LogP contribution in [-0.4, -0.2) is 26.7 Å². The molecule has 0 spiro atoms. The van der Waals surface area contributed by atoms with Gasteiger partial charge in [-0.2, -0.15) is 0 Å². The number of benzene rings is 2. The first kappa shape index (κ1) is 18.5. The third kappa shape index (κ3) is 4.68. The van der Waals surface area contributed by atoms with Crippen LogP contribution in [0.1, 0.15) is 17.4 Å². The van der Waals surface area contributed by atoms with Gasteiger partial charge in [0.25, 0.3) is 0 Å². The molecule has 6 heteroatoms. The van der Waals surface area contributed by atoms with Gasteiger partial charge < -0.3 is 19.2 Å². The van der Waals surface area contributed by atoms with E-state index in [1.54, 1.807) is 38.7 Å². The van der Waals surface area contributed by atoms with Gasteiger partial charge in [0.15, 0.2) is 0 Å². The van der Waals surface area contributed by atoms with Crippen molar-refractivity contribution in [1.82, 2.24) is 5.32 Å².